The lowest BCUT2D eigenvalue weighted by atomic mass is 10.1. The molecule has 3 N–H and O–H groups in total. The maximum atomic E-state index is 5.90. The number of rotatable bonds is 6. The second kappa shape index (κ2) is 8.76. The van der Waals surface area contributed by atoms with E-state index < -0.39 is 0 Å². The summed E-state index contributed by atoms with van der Waals surface area (Å²) in [5.41, 5.74) is 9.38. The van der Waals surface area contributed by atoms with Gasteiger partial charge in [-0.2, -0.15) is 0 Å². The van der Waals surface area contributed by atoms with E-state index in [9.17, 15) is 0 Å². The third-order valence-electron chi connectivity index (χ3n) is 3.89. The molecule has 5 heteroatoms. The van der Waals surface area contributed by atoms with Gasteiger partial charge >= 0.3 is 0 Å². The molecule has 2 rings (SSSR count). The fourth-order valence-corrected chi connectivity index (χ4v) is 2.36. The molecule has 0 atom stereocenters. The minimum Gasteiger partial charge on any atom is -0.381 e. The SMILES string of the molecule is Cc1ccc(NC(N)=NCCCOC2CCOCC2)cc1C. The quantitative estimate of drug-likeness (QED) is 0.481. The largest absolute Gasteiger partial charge is 0.381 e. The molecule has 1 saturated heterocycles. The van der Waals surface area contributed by atoms with Crippen LogP contribution < -0.4 is 11.1 Å². The minimum absolute atomic E-state index is 0.351. The minimum atomic E-state index is 0.351. The van der Waals surface area contributed by atoms with Gasteiger partial charge in [0.2, 0.25) is 0 Å². The van der Waals surface area contributed by atoms with Crippen LogP contribution in [-0.2, 0) is 9.47 Å². The first-order chi connectivity index (χ1) is 10.6. The van der Waals surface area contributed by atoms with Crippen molar-refractivity contribution in [2.45, 2.75) is 39.2 Å². The van der Waals surface area contributed by atoms with Crippen LogP contribution in [0.15, 0.2) is 23.2 Å². The molecule has 0 aromatic heterocycles. The molecule has 0 radical (unpaired) electrons. The average Bonchev–Trinajstić information content (AvgIpc) is 2.52. The molecule has 1 aromatic rings. The van der Waals surface area contributed by atoms with Gasteiger partial charge in [-0.05, 0) is 56.4 Å². The summed E-state index contributed by atoms with van der Waals surface area (Å²) >= 11 is 0. The van der Waals surface area contributed by atoms with Gasteiger partial charge in [0, 0.05) is 32.1 Å². The lowest BCUT2D eigenvalue weighted by molar-refractivity contribution is -0.0318. The number of ether oxygens (including phenoxy) is 2. The van der Waals surface area contributed by atoms with Gasteiger partial charge in [0.05, 0.1) is 6.10 Å². The first-order valence-corrected chi connectivity index (χ1v) is 7.98. The number of aryl methyl sites for hydroxylation is 2. The first-order valence-electron chi connectivity index (χ1n) is 7.98. The monoisotopic (exact) mass is 305 g/mol. The second-order valence-electron chi connectivity index (χ2n) is 5.73. The Morgan fingerprint density at radius 3 is 2.82 bits per heavy atom. The molecule has 0 unspecified atom stereocenters. The highest BCUT2D eigenvalue weighted by atomic mass is 16.5. The third kappa shape index (κ3) is 5.66. The molecule has 5 nitrogen and oxygen atoms in total. The predicted molar refractivity (Wildman–Crippen MR) is 90.4 cm³/mol. The Morgan fingerprint density at radius 1 is 1.32 bits per heavy atom. The van der Waals surface area contributed by atoms with Gasteiger partial charge < -0.3 is 20.5 Å². The number of aliphatic imine (C=N–C) groups is 1. The van der Waals surface area contributed by atoms with Crippen LogP contribution in [-0.4, -0.2) is 38.4 Å². The summed E-state index contributed by atoms with van der Waals surface area (Å²) in [7, 11) is 0. The molecule has 1 aliphatic rings. The molecule has 1 heterocycles. The van der Waals surface area contributed by atoms with E-state index in [4.69, 9.17) is 15.2 Å². The van der Waals surface area contributed by atoms with Crippen LogP contribution >= 0.6 is 0 Å². The Kier molecular flexibility index (Phi) is 6.68. The number of guanidine groups is 1. The molecule has 122 valence electrons. The Morgan fingerprint density at radius 2 is 2.09 bits per heavy atom. The molecule has 0 bridgehead atoms. The van der Waals surface area contributed by atoms with Crippen molar-refractivity contribution in [3.8, 4) is 0 Å². The zero-order valence-electron chi connectivity index (χ0n) is 13.6. The van der Waals surface area contributed by atoms with Gasteiger partial charge in [0.1, 0.15) is 0 Å². The fraction of sp³-hybridized carbons (Fsp3) is 0.588. The molecule has 0 saturated carbocycles. The van der Waals surface area contributed by atoms with Crippen LogP contribution in [0.3, 0.4) is 0 Å². The summed E-state index contributed by atoms with van der Waals surface area (Å²) in [5, 5.41) is 3.12. The molecular formula is C17H27N3O2. The highest BCUT2D eigenvalue weighted by Crippen LogP contribution is 2.14. The number of benzene rings is 1. The van der Waals surface area contributed by atoms with Gasteiger partial charge in [-0.25, -0.2) is 0 Å². The van der Waals surface area contributed by atoms with Gasteiger partial charge in [-0.3, -0.25) is 4.99 Å². The lowest BCUT2D eigenvalue weighted by Gasteiger charge is -2.22. The Labute approximate surface area is 132 Å². The Hall–Kier alpha value is -1.59. The van der Waals surface area contributed by atoms with Crippen LogP contribution in [0.2, 0.25) is 0 Å². The Balaban J connectivity index is 1.65. The molecule has 0 spiro atoms. The summed E-state index contributed by atoms with van der Waals surface area (Å²) < 4.78 is 11.1. The lowest BCUT2D eigenvalue weighted by Crippen LogP contribution is -2.24. The maximum Gasteiger partial charge on any atom is 0.193 e. The van der Waals surface area contributed by atoms with E-state index in [0.717, 1.165) is 44.8 Å². The molecule has 1 aromatic carbocycles. The second-order valence-corrected chi connectivity index (χ2v) is 5.73. The van der Waals surface area contributed by atoms with Crippen molar-refractivity contribution >= 4 is 11.6 Å². The number of hydrogen-bond acceptors (Lipinski definition) is 3. The van der Waals surface area contributed by atoms with E-state index in [-0.39, 0.29) is 0 Å². The summed E-state index contributed by atoms with van der Waals surface area (Å²) in [5.74, 6) is 0.453. The number of nitrogens with one attached hydrogen (secondary N) is 1. The van der Waals surface area contributed by atoms with Crippen molar-refractivity contribution in [3.63, 3.8) is 0 Å². The molecular weight excluding hydrogens is 278 g/mol. The van der Waals surface area contributed by atoms with Crippen molar-refractivity contribution in [1.82, 2.24) is 0 Å². The normalized spacial score (nSPS) is 16.7. The summed E-state index contributed by atoms with van der Waals surface area (Å²) in [4.78, 5) is 4.33. The highest BCUT2D eigenvalue weighted by molar-refractivity contribution is 5.92. The van der Waals surface area contributed by atoms with Gasteiger partial charge in [-0.1, -0.05) is 6.07 Å². The fourth-order valence-electron chi connectivity index (χ4n) is 2.36. The van der Waals surface area contributed by atoms with Crippen LogP contribution in [0.4, 0.5) is 5.69 Å². The van der Waals surface area contributed by atoms with Crippen LogP contribution in [0, 0.1) is 13.8 Å². The van der Waals surface area contributed by atoms with Gasteiger partial charge in [0.15, 0.2) is 5.96 Å². The average molecular weight is 305 g/mol. The molecule has 22 heavy (non-hydrogen) atoms. The van der Waals surface area contributed by atoms with Crippen LogP contribution in [0.25, 0.3) is 0 Å². The van der Waals surface area contributed by atoms with E-state index in [2.05, 4.69) is 36.3 Å². The standard InChI is InChI=1S/C17H27N3O2/c1-13-4-5-15(12-14(13)2)20-17(18)19-8-3-9-22-16-6-10-21-11-7-16/h4-5,12,16H,3,6-11H2,1-2H3,(H3,18,19,20). The van der Waals surface area contributed by atoms with E-state index in [1.165, 1.54) is 11.1 Å². The molecule has 0 aliphatic carbocycles. The number of anilines is 1. The topological polar surface area (TPSA) is 68.9 Å². The molecule has 1 fully saturated rings. The van der Waals surface area contributed by atoms with Gasteiger partial charge in [0.25, 0.3) is 0 Å². The Bertz CT molecular complexity index is 497. The summed E-state index contributed by atoms with van der Waals surface area (Å²) in [6.45, 7) is 7.21. The van der Waals surface area contributed by atoms with Crippen molar-refractivity contribution in [2.24, 2.45) is 10.7 Å². The highest BCUT2D eigenvalue weighted by Gasteiger charge is 2.13. The van der Waals surface area contributed by atoms with Crippen molar-refractivity contribution in [1.29, 1.82) is 0 Å². The van der Waals surface area contributed by atoms with E-state index in [0.29, 0.717) is 18.6 Å². The predicted octanol–water partition coefficient (Wildman–Crippen LogP) is 2.62. The number of nitrogens with zero attached hydrogens (tertiary/aromatic N) is 1. The van der Waals surface area contributed by atoms with Crippen LogP contribution in [0.1, 0.15) is 30.4 Å². The maximum absolute atomic E-state index is 5.90. The summed E-state index contributed by atoms with van der Waals surface area (Å²) in [6, 6.07) is 6.16. The van der Waals surface area contributed by atoms with E-state index >= 15 is 0 Å². The molecule has 1 aliphatic heterocycles. The van der Waals surface area contributed by atoms with E-state index in [1.54, 1.807) is 0 Å². The summed E-state index contributed by atoms with van der Waals surface area (Å²) in [6.07, 6.45) is 3.23. The number of hydrogen-bond donors (Lipinski definition) is 2. The third-order valence-corrected chi connectivity index (χ3v) is 3.89. The van der Waals surface area contributed by atoms with Gasteiger partial charge in [-0.15, -0.1) is 0 Å². The number of nitrogens with two attached hydrogens (primary N) is 1. The van der Waals surface area contributed by atoms with Crippen molar-refractivity contribution < 1.29 is 9.47 Å². The zero-order chi connectivity index (χ0) is 15.8. The van der Waals surface area contributed by atoms with Crippen molar-refractivity contribution in [2.75, 3.05) is 31.7 Å². The molecule has 0 amide bonds. The van der Waals surface area contributed by atoms with E-state index in [1.807, 2.05) is 6.07 Å². The first kappa shape index (κ1) is 16.8. The van der Waals surface area contributed by atoms with Crippen LogP contribution in [0.5, 0.6) is 0 Å². The smallest absolute Gasteiger partial charge is 0.193 e. The van der Waals surface area contributed by atoms with Crippen molar-refractivity contribution in [3.05, 3.63) is 29.3 Å². The zero-order valence-corrected chi connectivity index (χ0v) is 13.6.